The maximum absolute atomic E-state index is 14.5. The van der Waals surface area contributed by atoms with Gasteiger partial charge in [0.05, 0.1) is 5.02 Å². The third-order valence-corrected chi connectivity index (χ3v) is 6.22. The first-order chi connectivity index (χ1) is 14.4. The summed E-state index contributed by atoms with van der Waals surface area (Å²) in [6.45, 7) is 0.371. The number of nitrogens with zero attached hydrogens (tertiary/aromatic N) is 3. The van der Waals surface area contributed by atoms with E-state index >= 15 is 0 Å². The number of benzene rings is 1. The van der Waals surface area contributed by atoms with E-state index < -0.39 is 17.6 Å². The molecule has 1 atom stereocenters. The van der Waals surface area contributed by atoms with Crippen molar-refractivity contribution < 1.29 is 13.6 Å². The van der Waals surface area contributed by atoms with Crippen molar-refractivity contribution in [1.82, 2.24) is 14.1 Å². The Labute approximate surface area is 182 Å². The van der Waals surface area contributed by atoms with Crippen LogP contribution < -0.4 is 5.32 Å². The summed E-state index contributed by atoms with van der Waals surface area (Å²) in [6, 6.07) is 7.68. The second-order valence-corrected chi connectivity index (χ2v) is 8.04. The van der Waals surface area contributed by atoms with E-state index in [9.17, 15) is 13.6 Å². The lowest BCUT2D eigenvalue weighted by atomic mass is 9.95. The van der Waals surface area contributed by atoms with Crippen LogP contribution in [-0.4, -0.2) is 20.0 Å². The minimum atomic E-state index is -0.723. The number of hydrogen-bond acceptors (Lipinski definition) is 3. The van der Waals surface area contributed by atoms with E-state index in [1.165, 1.54) is 12.1 Å². The zero-order valence-electron chi connectivity index (χ0n) is 16.2. The maximum atomic E-state index is 14.5. The van der Waals surface area contributed by atoms with E-state index in [2.05, 4.69) is 10.3 Å². The van der Waals surface area contributed by atoms with E-state index in [0.29, 0.717) is 30.0 Å². The lowest BCUT2D eigenvalue weighted by Gasteiger charge is -2.14. The van der Waals surface area contributed by atoms with Gasteiger partial charge in [-0.3, -0.25) is 4.79 Å². The van der Waals surface area contributed by atoms with Crippen LogP contribution in [0.2, 0.25) is 5.02 Å². The first-order valence-corrected chi connectivity index (χ1v) is 10.3. The molecule has 0 bridgehead atoms. The number of amides is 1. The molecular formula is C21H19ClF2N4OS. The van der Waals surface area contributed by atoms with Gasteiger partial charge < -0.3 is 14.5 Å². The van der Waals surface area contributed by atoms with Crippen LogP contribution in [0.5, 0.6) is 0 Å². The van der Waals surface area contributed by atoms with Crippen molar-refractivity contribution in [1.29, 1.82) is 0 Å². The van der Waals surface area contributed by atoms with Gasteiger partial charge in [-0.2, -0.15) is 0 Å². The van der Waals surface area contributed by atoms with Crippen molar-refractivity contribution in [3.8, 4) is 0 Å². The fourth-order valence-electron chi connectivity index (χ4n) is 3.99. The van der Waals surface area contributed by atoms with Gasteiger partial charge in [-0.1, -0.05) is 17.7 Å². The monoisotopic (exact) mass is 448 g/mol. The number of anilines is 1. The van der Waals surface area contributed by atoms with Gasteiger partial charge in [0, 0.05) is 49.1 Å². The summed E-state index contributed by atoms with van der Waals surface area (Å²) in [5.41, 5.74) is 1.78. The van der Waals surface area contributed by atoms with Gasteiger partial charge in [-0.25, -0.2) is 13.8 Å². The van der Waals surface area contributed by atoms with Crippen molar-refractivity contribution in [3.63, 3.8) is 0 Å². The molecule has 2 aromatic heterocycles. The number of hydrogen-bond donors (Lipinski definition) is 1. The topological polar surface area (TPSA) is 51.9 Å². The molecular weight excluding hydrogens is 430 g/mol. The van der Waals surface area contributed by atoms with Crippen LogP contribution in [-0.2, 0) is 31.2 Å². The number of pyridine rings is 1. The zero-order valence-corrected chi connectivity index (χ0v) is 17.7. The van der Waals surface area contributed by atoms with E-state index in [0.717, 1.165) is 11.4 Å². The number of fused-ring (bicyclic) bond motifs is 1. The number of carbonyl (C=O) groups is 1. The summed E-state index contributed by atoms with van der Waals surface area (Å²) < 4.78 is 33.2. The molecule has 3 aromatic rings. The Bertz CT molecular complexity index is 1180. The Morgan fingerprint density at radius 2 is 2.13 bits per heavy atom. The summed E-state index contributed by atoms with van der Waals surface area (Å²) in [7, 11) is 1.84. The molecule has 1 aromatic carbocycles. The van der Waals surface area contributed by atoms with Crippen LogP contribution in [0.15, 0.2) is 36.5 Å². The highest BCUT2D eigenvalue weighted by molar-refractivity contribution is 7.71. The molecule has 3 heterocycles. The highest BCUT2D eigenvalue weighted by Crippen LogP contribution is 2.37. The number of rotatable bonds is 5. The molecule has 0 unspecified atom stereocenters. The number of nitrogens with one attached hydrogen (secondary N) is 1. The summed E-state index contributed by atoms with van der Waals surface area (Å²) >= 11 is 11.4. The maximum Gasteiger partial charge on any atom is 0.225 e. The summed E-state index contributed by atoms with van der Waals surface area (Å²) in [6.07, 6.45) is 2.72. The van der Waals surface area contributed by atoms with E-state index in [1.54, 1.807) is 24.4 Å². The molecule has 0 radical (unpaired) electrons. The molecule has 0 saturated carbocycles. The SMILES string of the molecule is Cn1c(CCC(=O)Nc2ccccn2)c2n(c1=S)C[C@H](c1c(F)ccc(Cl)c1F)C2. The highest BCUT2D eigenvalue weighted by Gasteiger charge is 2.32. The molecule has 5 nitrogen and oxygen atoms in total. The van der Waals surface area contributed by atoms with Gasteiger partial charge >= 0.3 is 0 Å². The van der Waals surface area contributed by atoms with Crippen LogP contribution >= 0.6 is 23.8 Å². The van der Waals surface area contributed by atoms with E-state index in [1.807, 2.05) is 16.2 Å². The summed E-state index contributed by atoms with van der Waals surface area (Å²) in [5, 5.41) is 2.66. The summed E-state index contributed by atoms with van der Waals surface area (Å²) in [4.78, 5) is 16.4. The molecule has 0 aliphatic carbocycles. The van der Waals surface area contributed by atoms with E-state index in [4.69, 9.17) is 23.8 Å². The first-order valence-electron chi connectivity index (χ1n) is 9.48. The van der Waals surface area contributed by atoms with Crippen molar-refractivity contribution in [2.75, 3.05) is 5.32 Å². The predicted molar refractivity (Wildman–Crippen MR) is 113 cm³/mol. The number of carbonyl (C=O) groups excluding carboxylic acids is 1. The van der Waals surface area contributed by atoms with Crippen LogP contribution in [0.1, 0.15) is 29.3 Å². The van der Waals surface area contributed by atoms with Crippen LogP contribution in [0.4, 0.5) is 14.6 Å². The van der Waals surface area contributed by atoms with Gasteiger partial charge in [0.1, 0.15) is 17.5 Å². The van der Waals surface area contributed by atoms with Gasteiger partial charge in [0.2, 0.25) is 5.91 Å². The van der Waals surface area contributed by atoms with Gasteiger partial charge in [-0.15, -0.1) is 0 Å². The van der Waals surface area contributed by atoms with Crippen molar-refractivity contribution >= 4 is 35.5 Å². The second-order valence-electron chi connectivity index (χ2n) is 7.27. The van der Waals surface area contributed by atoms with E-state index in [-0.39, 0.29) is 22.9 Å². The molecule has 30 heavy (non-hydrogen) atoms. The lowest BCUT2D eigenvalue weighted by molar-refractivity contribution is -0.116. The van der Waals surface area contributed by atoms with Gasteiger partial charge in [-0.05, 0) is 49.3 Å². The molecule has 1 aliphatic rings. The first kappa shape index (κ1) is 20.7. The highest BCUT2D eigenvalue weighted by atomic mass is 35.5. The Kier molecular flexibility index (Phi) is 5.71. The van der Waals surface area contributed by atoms with Crippen molar-refractivity contribution in [3.05, 3.63) is 74.9 Å². The van der Waals surface area contributed by atoms with Crippen LogP contribution in [0, 0.1) is 16.4 Å². The third kappa shape index (κ3) is 3.77. The minimum absolute atomic E-state index is 0.0119. The normalized spacial score (nSPS) is 15.3. The largest absolute Gasteiger partial charge is 0.324 e. The average molecular weight is 449 g/mol. The molecule has 4 rings (SSSR count). The molecule has 0 saturated heterocycles. The summed E-state index contributed by atoms with van der Waals surface area (Å²) in [5.74, 6) is -1.41. The lowest BCUT2D eigenvalue weighted by Crippen LogP contribution is -2.15. The molecule has 1 aliphatic heterocycles. The fourth-order valence-corrected chi connectivity index (χ4v) is 4.45. The molecule has 0 spiro atoms. The minimum Gasteiger partial charge on any atom is -0.324 e. The third-order valence-electron chi connectivity index (χ3n) is 5.43. The predicted octanol–water partition coefficient (Wildman–Crippen LogP) is 4.79. The Morgan fingerprint density at radius 1 is 1.33 bits per heavy atom. The Hall–Kier alpha value is -2.58. The number of aromatic nitrogens is 3. The van der Waals surface area contributed by atoms with Crippen LogP contribution in [0.25, 0.3) is 0 Å². The standard InChI is InChI=1S/C21H19ClF2N4OS/c1-27-15(7-8-18(29)26-17-4-2-3-9-25-17)16-10-12(11-28(16)21(27)30)19-14(23)6-5-13(22)20(19)24/h2-6,9,12H,7-8,10-11H2,1H3,(H,25,26,29)/t12-/m1/s1. The number of halogens is 3. The quantitative estimate of drug-likeness (QED) is 0.451. The van der Waals surface area contributed by atoms with Crippen molar-refractivity contribution in [2.45, 2.75) is 31.7 Å². The zero-order chi connectivity index (χ0) is 21.4. The fraction of sp³-hybridized carbons (Fsp3) is 0.286. The molecule has 1 N–H and O–H groups in total. The van der Waals surface area contributed by atoms with Gasteiger partial charge in [0.25, 0.3) is 0 Å². The second kappa shape index (κ2) is 8.28. The molecule has 1 amide bonds. The Morgan fingerprint density at radius 3 is 2.87 bits per heavy atom. The molecule has 0 fully saturated rings. The van der Waals surface area contributed by atoms with Crippen LogP contribution in [0.3, 0.4) is 0 Å². The number of imidazole rings is 1. The Balaban J connectivity index is 1.54. The average Bonchev–Trinajstić information content (AvgIpc) is 3.24. The molecule has 156 valence electrons. The smallest absolute Gasteiger partial charge is 0.225 e. The van der Waals surface area contributed by atoms with Crippen molar-refractivity contribution in [2.24, 2.45) is 7.05 Å². The molecule has 9 heteroatoms. The van der Waals surface area contributed by atoms with Gasteiger partial charge in [0.15, 0.2) is 4.77 Å².